The molecule has 0 amide bonds. The summed E-state index contributed by atoms with van der Waals surface area (Å²) in [5, 5.41) is 3.12. The Hall–Kier alpha value is -0.610. The third-order valence-electron chi connectivity index (χ3n) is 3.04. The maximum Gasteiger partial charge on any atom is 0.129 e. The van der Waals surface area contributed by atoms with Crippen molar-refractivity contribution in [2.75, 3.05) is 11.9 Å². The fourth-order valence-corrected chi connectivity index (χ4v) is 2.37. The van der Waals surface area contributed by atoms with E-state index in [0.717, 1.165) is 16.6 Å². The summed E-state index contributed by atoms with van der Waals surface area (Å²) >= 11 is 3.36. The van der Waals surface area contributed by atoms with E-state index in [1.165, 1.54) is 0 Å². The van der Waals surface area contributed by atoms with Gasteiger partial charge in [0.2, 0.25) is 0 Å². The monoisotopic (exact) mass is 286 g/mol. The highest BCUT2D eigenvalue weighted by Gasteiger charge is 2.37. The standard InChI is InChI=1S/C12H16BrFN2/c13-9-1-3-11(4-2-9)16-8-12(14)6-5-10(15)7-12/h1-4,10,16H,5-8,15H2. The number of hydrogen-bond acceptors (Lipinski definition) is 2. The fourth-order valence-electron chi connectivity index (χ4n) is 2.11. The van der Waals surface area contributed by atoms with Gasteiger partial charge in [-0.15, -0.1) is 0 Å². The normalized spacial score (nSPS) is 29.3. The highest BCUT2D eigenvalue weighted by atomic mass is 79.9. The quantitative estimate of drug-likeness (QED) is 0.896. The van der Waals surface area contributed by atoms with Gasteiger partial charge in [0.15, 0.2) is 0 Å². The van der Waals surface area contributed by atoms with E-state index in [0.29, 0.717) is 19.4 Å². The van der Waals surface area contributed by atoms with Crippen LogP contribution in [0.4, 0.5) is 10.1 Å². The number of rotatable bonds is 3. The van der Waals surface area contributed by atoms with Crippen LogP contribution in [0.25, 0.3) is 0 Å². The Morgan fingerprint density at radius 2 is 2.12 bits per heavy atom. The predicted octanol–water partition coefficient (Wildman–Crippen LogP) is 3.08. The van der Waals surface area contributed by atoms with Crippen LogP contribution in [0.5, 0.6) is 0 Å². The Bertz CT molecular complexity index is 355. The molecule has 2 unspecified atom stereocenters. The van der Waals surface area contributed by atoms with Crippen LogP contribution in [0.1, 0.15) is 19.3 Å². The molecule has 2 atom stereocenters. The first-order valence-electron chi connectivity index (χ1n) is 5.51. The van der Waals surface area contributed by atoms with E-state index in [1.54, 1.807) is 0 Å². The third-order valence-corrected chi connectivity index (χ3v) is 3.57. The van der Waals surface area contributed by atoms with Gasteiger partial charge in [0.1, 0.15) is 5.67 Å². The third kappa shape index (κ3) is 2.95. The molecule has 0 aromatic heterocycles. The van der Waals surface area contributed by atoms with Crippen molar-refractivity contribution in [3.8, 4) is 0 Å². The lowest BCUT2D eigenvalue weighted by Gasteiger charge is -2.20. The highest BCUT2D eigenvalue weighted by molar-refractivity contribution is 9.10. The maximum absolute atomic E-state index is 14.2. The van der Waals surface area contributed by atoms with Crippen LogP contribution in [-0.4, -0.2) is 18.3 Å². The fraction of sp³-hybridized carbons (Fsp3) is 0.500. The van der Waals surface area contributed by atoms with Crippen LogP contribution < -0.4 is 11.1 Å². The molecule has 1 saturated carbocycles. The first-order chi connectivity index (χ1) is 7.57. The lowest BCUT2D eigenvalue weighted by Crippen LogP contribution is -2.31. The van der Waals surface area contributed by atoms with Crippen LogP contribution in [-0.2, 0) is 0 Å². The maximum atomic E-state index is 14.2. The van der Waals surface area contributed by atoms with E-state index < -0.39 is 5.67 Å². The molecule has 0 aliphatic heterocycles. The molecule has 0 heterocycles. The van der Waals surface area contributed by atoms with Gasteiger partial charge in [-0.3, -0.25) is 0 Å². The van der Waals surface area contributed by atoms with Gasteiger partial charge in [-0.2, -0.15) is 0 Å². The van der Waals surface area contributed by atoms with E-state index in [2.05, 4.69) is 21.2 Å². The molecule has 1 aromatic rings. The number of nitrogens with one attached hydrogen (secondary N) is 1. The van der Waals surface area contributed by atoms with E-state index >= 15 is 0 Å². The molecule has 16 heavy (non-hydrogen) atoms. The van der Waals surface area contributed by atoms with E-state index in [-0.39, 0.29) is 6.04 Å². The molecule has 1 aliphatic rings. The molecule has 0 radical (unpaired) electrons. The van der Waals surface area contributed by atoms with E-state index in [1.807, 2.05) is 24.3 Å². The summed E-state index contributed by atoms with van der Waals surface area (Å²) in [4.78, 5) is 0. The van der Waals surface area contributed by atoms with E-state index in [9.17, 15) is 4.39 Å². The average molecular weight is 287 g/mol. The number of benzene rings is 1. The summed E-state index contributed by atoms with van der Waals surface area (Å²) in [6, 6.07) is 7.77. The Labute approximate surface area is 104 Å². The largest absolute Gasteiger partial charge is 0.382 e. The number of anilines is 1. The van der Waals surface area contributed by atoms with Crippen LogP contribution in [0, 0.1) is 0 Å². The Balaban J connectivity index is 1.90. The smallest absolute Gasteiger partial charge is 0.129 e. The number of alkyl halides is 1. The first-order valence-corrected chi connectivity index (χ1v) is 6.31. The van der Waals surface area contributed by atoms with Crippen molar-refractivity contribution in [1.29, 1.82) is 0 Å². The molecule has 1 fully saturated rings. The summed E-state index contributed by atoms with van der Waals surface area (Å²) in [6.45, 7) is 0.350. The Morgan fingerprint density at radius 3 is 2.69 bits per heavy atom. The number of nitrogens with two attached hydrogens (primary N) is 1. The lowest BCUT2D eigenvalue weighted by molar-refractivity contribution is 0.187. The van der Waals surface area contributed by atoms with Crippen molar-refractivity contribution >= 4 is 21.6 Å². The predicted molar refractivity (Wildman–Crippen MR) is 68.3 cm³/mol. The second kappa shape index (κ2) is 4.72. The molecular formula is C12H16BrFN2. The molecule has 0 spiro atoms. The van der Waals surface area contributed by atoms with Crippen molar-refractivity contribution in [3.63, 3.8) is 0 Å². The zero-order valence-electron chi connectivity index (χ0n) is 9.05. The Kier molecular flexibility index (Phi) is 3.50. The second-order valence-corrected chi connectivity index (χ2v) is 5.43. The average Bonchev–Trinajstić information content (AvgIpc) is 2.59. The van der Waals surface area contributed by atoms with Gasteiger partial charge in [-0.25, -0.2) is 4.39 Å². The summed E-state index contributed by atoms with van der Waals surface area (Å²) in [5.41, 5.74) is 5.54. The van der Waals surface area contributed by atoms with Crippen molar-refractivity contribution in [2.45, 2.75) is 31.0 Å². The van der Waals surface area contributed by atoms with Gasteiger partial charge < -0.3 is 11.1 Å². The summed E-state index contributed by atoms with van der Waals surface area (Å²) in [6.07, 6.45) is 1.83. The minimum atomic E-state index is -1.13. The summed E-state index contributed by atoms with van der Waals surface area (Å²) in [7, 11) is 0. The van der Waals surface area contributed by atoms with Gasteiger partial charge in [0, 0.05) is 22.7 Å². The minimum Gasteiger partial charge on any atom is -0.382 e. The van der Waals surface area contributed by atoms with Crippen LogP contribution in [0.3, 0.4) is 0 Å². The van der Waals surface area contributed by atoms with Gasteiger partial charge >= 0.3 is 0 Å². The Morgan fingerprint density at radius 1 is 1.44 bits per heavy atom. The molecule has 2 nitrogen and oxygen atoms in total. The topological polar surface area (TPSA) is 38.0 Å². The highest BCUT2D eigenvalue weighted by Crippen LogP contribution is 2.33. The van der Waals surface area contributed by atoms with Gasteiger partial charge in [0.25, 0.3) is 0 Å². The van der Waals surface area contributed by atoms with Crippen molar-refractivity contribution in [3.05, 3.63) is 28.7 Å². The minimum absolute atomic E-state index is 0.0247. The zero-order chi connectivity index (χ0) is 11.6. The zero-order valence-corrected chi connectivity index (χ0v) is 10.6. The summed E-state index contributed by atoms with van der Waals surface area (Å²) < 4.78 is 15.2. The molecule has 0 bridgehead atoms. The molecule has 88 valence electrons. The van der Waals surface area contributed by atoms with Gasteiger partial charge in [0.05, 0.1) is 0 Å². The molecule has 0 saturated heterocycles. The number of halogens is 2. The lowest BCUT2D eigenvalue weighted by atomic mass is 10.0. The van der Waals surface area contributed by atoms with Gasteiger partial charge in [-0.1, -0.05) is 15.9 Å². The van der Waals surface area contributed by atoms with Gasteiger partial charge in [-0.05, 0) is 43.5 Å². The molecule has 3 N–H and O–H groups in total. The molecule has 1 aliphatic carbocycles. The van der Waals surface area contributed by atoms with Crippen molar-refractivity contribution in [1.82, 2.24) is 0 Å². The van der Waals surface area contributed by atoms with Crippen LogP contribution in [0.15, 0.2) is 28.7 Å². The van der Waals surface area contributed by atoms with Crippen molar-refractivity contribution in [2.24, 2.45) is 5.73 Å². The number of hydrogen-bond donors (Lipinski definition) is 2. The van der Waals surface area contributed by atoms with Crippen molar-refractivity contribution < 1.29 is 4.39 Å². The molecule has 2 rings (SSSR count). The second-order valence-electron chi connectivity index (χ2n) is 4.51. The molecule has 1 aromatic carbocycles. The van der Waals surface area contributed by atoms with Crippen LogP contribution in [0.2, 0.25) is 0 Å². The van der Waals surface area contributed by atoms with E-state index in [4.69, 9.17) is 5.73 Å². The van der Waals surface area contributed by atoms with Crippen LogP contribution >= 0.6 is 15.9 Å². The molecule has 4 heteroatoms. The summed E-state index contributed by atoms with van der Waals surface area (Å²) in [5.74, 6) is 0. The molecular weight excluding hydrogens is 271 g/mol. The first kappa shape index (κ1) is 11.9. The SMILES string of the molecule is NC1CCC(F)(CNc2ccc(Br)cc2)C1.